The summed E-state index contributed by atoms with van der Waals surface area (Å²) in [5.74, 6) is 1.37. The molecule has 3 nitrogen and oxygen atoms in total. The molecule has 2 rings (SSSR count). The molecule has 1 aromatic heterocycles. The fourth-order valence-corrected chi connectivity index (χ4v) is 1.57. The van der Waals surface area contributed by atoms with E-state index in [1.54, 1.807) is 0 Å². The molecule has 1 heterocycles. The van der Waals surface area contributed by atoms with Gasteiger partial charge in [-0.3, -0.25) is 0 Å². The molecule has 0 saturated heterocycles. The van der Waals surface area contributed by atoms with Gasteiger partial charge in [-0.15, -0.1) is 0 Å². The van der Waals surface area contributed by atoms with Crippen LogP contribution in [-0.4, -0.2) is 9.97 Å². The van der Waals surface area contributed by atoms with Crippen molar-refractivity contribution in [3.05, 3.63) is 53.0 Å². The molecule has 0 atom stereocenters. The van der Waals surface area contributed by atoms with Gasteiger partial charge in [0.25, 0.3) is 0 Å². The Kier molecular flexibility index (Phi) is 2.86. The van der Waals surface area contributed by atoms with Crippen LogP contribution in [0.3, 0.4) is 0 Å². The lowest BCUT2D eigenvalue weighted by Gasteiger charge is -2.06. The van der Waals surface area contributed by atoms with E-state index >= 15 is 0 Å². The van der Waals surface area contributed by atoms with Crippen LogP contribution in [0.25, 0.3) is 0 Å². The average Bonchev–Trinajstić information content (AvgIpc) is 2.27. The molecule has 82 valence electrons. The number of nitrogens with two attached hydrogens (primary N) is 1. The topological polar surface area (TPSA) is 51.8 Å². The number of aryl methyl sites for hydroxylation is 1. The lowest BCUT2D eigenvalue weighted by Crippen LogP contribution is -2.05. The quantitative estimate of drug-likeness (QED) is 0.832. The molecule has 2 aromatic rings. The van der Waals surface area contributed by atoms with E-state index in [1.165, 1.54) is 5.56 Å². The summed E-state index contributed by atoms with van der Waals surface area (Å²) in [4.78, 5) is 8.73. The highest BCUT2D eigenvalue weighted by molar-refractivity contribution is 5.41. The molecule has 0 amide bonds. The van der Waals surface area contributed by atoms with Crippen molar-refractivity contribution >= 4 is 5.82 Å². The maximum atomic E-state index is 5.82. The maximum Gasteiger partial charge on any atom is 0.135 e. The fraction of sp³-hybridized carbons (Fsp3) is 0.231. The van der Waals surface area contributed by atoms with Crippen molar-refractivity contribution in [2.24, 2.45) is 0 Å². The molecule has 0 aliphatic carbocycles. The predicted octanol–water partition coefficient (Wildman–Crippen LogP) is 2.27. The number of benzene rings is 1. The molecule has 0 saturated carbocycles. The minimum Gasteiger partial charge on any atom is -0.383 e. The monoisotopic (exact) mass is 213 g/mol. The van der Waals surface area contributed by atoms with E-state index in [1.807, 2.05) is 32.0 Å². The zero-order valence-electron chi connectivity index (χ0n) is 9.57. The molecule has 0 radical (unpaired) electrons. The third-order valence-electron chi connectivity index (χ3n) is 2.68. The van der Waals surface area contributed by atoms with E-state index in [-0.39, 0.29) is 0 Å². The molecule has 0 spiro atoms. The largest absolute Gasteiger partial charge is 0.383 e. The standard InChI is InChI=1S/C13H15N3/c1-9-10(2)15-12(16-13(9)14)8-11-6-4-3-5-7-11/h3-7H,8H2,1-2H3,(H2,14,15,16). The van der Waals surface area contributed by atoms with E-state index in [0.717, 1.165) is 23.5 Å². The molecule has 3 heteroatoms. The first kappa shape index (κ1) is 10.6. The van der Waals surface area contributed by atoms with Gasteiger partial charge in [0.2, 0.25) is 0 Å². The molecular weight excluding hydrogens is 198 g/mol. The lowest BCUT2D eigenvalue weighted by atomic mass is 10.1. The van der Waals surface area contributed by atoms with Gasteiger partial charge in [-0.1, -0.05) is 30.3 Å². The van der Waals surface area contributed by atoms with Gasteiger partial charge < -0.3 is 5.73 Å². The van der Waals surface area contributed by atoms with Crippen molar-refractivity contribution < 1.29 is 0 Å². The molecule has 0 bridgehead atoms. The third kappa shape index (κ3) is 2.19. The molecule has 0 unspecified atom stereocenters. The van der Waals surface area contributed by atoms with Gasteiger partial charge in [-0.25, -0.2) is 9.97 Å². The first-order chi connectivity index (χ1) is 7.66. The van der Waals surface area contributed by atoms with Crippen LogP contribution < -0.4 is 5.73 Å². The van der Waals surface area contributed by atoms with E-state index in [2.05, 4.69) is 22.1 Å². The SMILES string of the molecule is Cc1nc(Cc2ccccc2)nc(N)c1C. The molecule has 0 aliphatic heterocycles. The summed E-state index contributed by atoms with van der Waals surface area (Å²) in [5, 5.41) is 0. The highest BCUT2D eigenvalue weighted by atomic mass is 14.9. The number of nitrogen functional groups attached to an aromatic ring is 1. The van der Waals surface area contributed by atoms with Crippen molar-refractivity contribution in [2.75, 3.05) is 5.73 Å². The first-order valence-electron chi connectivity index (χ1n) is 5.30. The Morgan fingerprint density at radius 3 is 2.38 bits per heavy atom. The molecule has 2 N–H and O–H groups in total. The third-order valence-corrected chi connectivity index (χ3v) is 2.68. The Bertz CT molecular complexity index is 469. The van der Waals surface area contributed by atoms with Crippen molar-refractivity contribution in [2.45, 2.75) is 20.3 Å². The lowest BCUT2D eigenvalue weighted by molar-refractivity contribution is 0.934. The van der Waals surface area contributed by atoms with Gasteiger partial charge in [0.15, 0.2) is 0 Å². The summed E-state index contributed by atoms with van der Waals surface area (Å²) >= 11 is 0. The average molecular weight is 213 g/mol. The van der Waals surface area contributed by atoms with Crippen molar-refractivity contribution in [1.82, 2.24) is 9.97 Å². The van der Waals surface area contributed by atoms with Crippen molar-refractivity contribution in [3.63, 3.8) is 0 Å². The Balaban J connectivity index is 2.29. The highest BCUT2D eigenvalue weighted by Gasteiger charge is 2.05. The Morgan fingerprint density at radius 2 is 1.75 bits per heavy atom. The fourth-order valence-electron chi connectivity index (χ4n) is 1.57. The molecule has 0 aliphatic rings. The normalized spacial score (nSPS) is 10.4. The Hall–Kier alpha value is -1.90. The number of rotatable bonds is 2. The summed E-state index contributed by atoms with van der Waals surface area (Å²) < 4.78 is 0. The summed E-state index contributed by atoms with van der Waals surface area (Å²) in [7, 11) is 0. The molecule has 0 fully saturated rings. The van der Waals surface area contributed by atoms with Gasteiger partial charge in [0.05, 0.1) is 0 Å². The van der Waals surface area contributed by atoms with Crippen LogP contribution in [0.2, 0.25) is 0 Å². The smallest absolute Gasteiger partial charge is 0.135 e. The van der Waals surface area contributed by atoms with Gasteiger partial charge in [0, 0.05) is 17.7 Å². The van der Waals surface area contributed by atoms with Crippen molar-refractivity contribution in [1.29, 1.82) is 0 Å². The summed E-state index contributed by atoms with van der Waals surface area (Å²) in [5.41, 5.74) is 8.95. The number of aromatic nitrogens is 2. The summed E-state index contributed by atoms with van der Waals surface area (Å²) in [6.45, 7) is 3.90. The van der Waals surface area contributed by atoms with E-state index in [9.17, 15) is 0 Å². The van der Waals surface area contributed by atoms with Crippen LogP contribution in [-0.2, 0) is 6.42 Å². The minimum atomic E-state index is 0.582. The minimum absolute atomic E-state index is 0.582. The second-order valence-corrected chi connectivity index (χ2v) is 3.90. The van der Waals surface area contributed by atoms with E-state index < -0.39 is 0 Å². The summed E-state index contributed by atoms with van der Waals surface area (Å²) in [6, 6.07) is 10.2. The second-order valence-electron chi connectivity index (χ2n) is 3.90. The first-order valence-corrected chi connectivity index (χ1v) is 5.30. The number of anilines is 1. The van der Waals surface area contributed by atoms with Crippen LogP contribution in [0.4, 0.5) is 5.82 Å². The Morgan fingerprint density at radius 1 is 1.06 bits per heavy atom. The van der Waals surface area contributed by atoms with Gasteiger partial charge in [0.1, 0.15) is 11.6 Å². The van der Waals surface area contributed by atoms with Crippen LogP contribution in [0.1, 0.15) is 22.6 Å². The van der Waals surface area contributed by atoms with E-state index in [0.29, 0.717) is 5.82 Å². The van der Waals surface area contributed by atoms with Gasteiger partial charge in [-0.05, 0) is 19.4 Å². The van der Waals surface area contributed by atoms with Crippen LogP contribution >= 0.6 is 0 Å². The molecule has 1 aromatic carbocycles. The summed E-state index contributed by atoms with van der Waals surface area (Å²) in [6.07, 6.45) is 0.728. The molecule has 16 heavy (non-hydrogen) atoms. The zero-order chi connectivity index (χ0) is 11.5. The second kappa shape index (κ2) is 4.31. The number of hydrogen-bond donors (Lipinski definition) is 1. The molecular formula is C13H15N3. The van der Waals surface area contributed by atoms with Gasteiger partial charge in [-0.2, -0.15) is 0 Å². The zero-order valence-corrected chi connectivity index (χ0v) is 9.57. The highest BCUT2D eigenvalue weighted by Crippen LogP contribution is 2.13. The predicted molar refractivity (Wildman–Crippen MR) is 65.2 cm³/mol. The Labute approximate surface area is 95.4 Å². The van der Waals surface area contributed by atoms with Crippen LogP contribution in [0.15, 0.2) is 30.3 Å². The number of nitrogens with zero attached hydrogens (tertiary/aromatic N) is 2. The number of hydrogen-bond acceptors (Lipinski definition) is 3. The van der Waals surface area contributed by atoms with Crippen LogP contribution in [0, 0.1) is 13.8 Å². The maximum absolute atomic E-state index is 5.82. The van der Waals surface area contributed by atoms with E-state index in [4.69, 9.17) is 5.73 Å². The van der Waals surface area contributed by atoms with Crippen molar-refractivity contribution in [3.8, 4) is 0 Å². The van der Waals surface area contributed by atoms with Gasteiger partial charge >= 0.3 is 0 Å². The van der Waals surface area contributed by atoms with Crippen LogP contribution in [0.5, 0.6) is 0 Å².